The molecule has 0 atom stereocenters. The third-order valence-corrected chi connectivity index (χ3v) is 3.71. The molecule has 1 aromatic heterocycles. The van der Waals surface area contributed by atoms with Gasteiger partial charge in [0, 0.05) is 25.3 Å². The molecule has 2 N–H and O–H groups in total. The summed E-state index contributed by atoms with van der Waals surface area (Å²) in [4.78, 5) is 17.7. The SMILES string of the molecule is CCOC(=O)N1CCC(n2cncc2C(C)(C)N)CC1. The molecule has 1 aromatic rings. The lowest BCUT2D eigenvalue weighted by Gasteiger charge is -2.34. The second-order valence-corrected chi connectivity index (χ2v) is 5.82. The quantitative estimate of drug-likeness (QED) is 0.917. The normalized spacial score (nSPS) is 17.3. The number of imidazole rings is 1. The van der Waals surface area contributed by atoms with E-state index in [4.69, 9.17) is 10.5 Å². The summed E-state index contributed by atoms with van der Waals surface area (Å²) in [5, 5.41) is 0. The zero-order valence-corrected chi connectivity index (χ0v) is 12.5. The zero-order chi connectivity index (χ0) is 14.8. The van der Waals surface area contributed by atoms with E-state index in [-0.39, 0.29) is 6.09 Å². The van der Waals surface area contributed by atoms with Crippen molar-refractivity contribution in [2.45, 2.75) is 45.2 Å². The largest absolute Gasteiger partial charge is 0.450 e. The van der Waals surface area contributed by atoms with Crippen molar-refractivity contribution in [1.82, 2.24) is 14.5 Å². The average molecular weight is 280 g/mol. The van der Waals surface area contributed by atoms with Gasteiger partial charge in [-0.1, -0.05) is 0 Å². The fourth-order valence-corrected chi connectivity index (χ4v) is 2.64. The number of hydrogen-bond acceptors (Lipinski definition) is 4. The molecule has 0 aliphatic carbocycles. The van der Waals surface area contributed by atoms with Crippen LogP contribution in [0.25, 0.3) is 0 Å². The van der Waals surface area contributed by atoms with E-state index in [1.807, 2.05) is 33.3 Å². The van der Waals surface area contributed by atoms with Crippen molar-refractivity contribution in [3.05, 3.63) is 18.2 Å². The van der Waals surface area contributed by atoms with Gasteiger partial charge in [0.05, 0.1) is 24.2 Å². The molecule has 6 heteroatoms. The summed E-state index contributed by atoms with van der Waals surface area (Å²) in [6, 6.07) is 0.348. The van der Waals surface area contributed by atoms with Crippen LogP contribution in [-0.4, -0.2) is 40.2 Å². The Morgan fingerprint density at radius 2 is 2.15 bits per heavy atom. The molecule has 2 heterocycles. The molecule has 0 radical (unpaired) electrons. The fourth-order valence-electron chi connectivity index (χ4n) is 2.64. The number of hydrogen-bond donors (Lipinski definition) is 1. The summed E-state index contributed by atoms with van der Waals surface area (Å²) in [7, 11) is 0. The van der Waals surface area contributed by atoms with E-state index in [2.05, 4.69) is 9.55 Å². The molecule has 0 bridgehead atoms. The molecular formula is C14H24N4O2. The molecule has 1 aliphatic heterocycles. The summed E-state index contributed by atoms with van der Waals surface area (Å²) < 4.78 is 7.19. The van der Waals surface area contributed by atoms with Gasteiger partial charge in [-0.25, -0.2) is 9.78 Å². The predicted octanol–water partition coefficient (Wildman–Crippen LogP) is 1.87. The first-order valence-corrected chi connectivity index (χ1v) is 7.16. The van der Waals surface area contributed by atoms with Crippen molar-refractivity contribution < 1.29 is 9.53 Å². The van der Waals surface area contributed by atoms with Crippen LogP contribution in [0.15, 0.2) is 12.5 Å². The Balaban J connectivity index is 2.01. The smallest absolute Gasteiger partial charge is 0.409 e. The molecule has 1 aliphatic rings. The first-order chi connectivity index (χ1) is 9.43. The lowest BCUT2D eigenvalue weighted by Crippen LogP contribution is -2.40. The van der Waals surface area contributed by atoms with Crippen molar-refractivity contribution in [2.75, 3.05) is 19.7 Å². The number of carbonyl (C=O) groups excluding carboxylic acids is 1. The van der Waals surface area contributed by atoms with Gasteiger partial charge in [0.1, 0.15) is 0 Å². The molecular weight excluding hydrogens is 256 g/mol. The number of likely N-dealkylation sites (tertiary alicyclic amines) is 1. The lowest BCUT2D eigenvalue weighted by atomic mass is 9.99. The van der Waals surface area contributed by atoms with Gasteiger partial charge in [-0.3, -0.25) is 0 Å². The predicted molar refractivity (Wildman–Crippen MR) is 76.3 cm³/mol. The van der Waals surface area contributed by atoms with Crippen molar-refractivity contribution in [2.24, 2.45) is 5.73 Å². The van der Waals surface area contributed by atoms with Crippen LogP contribution in [0.4, 0.5) is 4.79 Å². The van der Waals surface area contributed by atoms with Gasteiger partial charge in [0.15, 0.2) is 0 Å². The maximum absolute atomic E-state index is 11.7. The Hall–Kier alpha value is -1.56. The zero-order valence-electron chi connectivity index (χ0n) is 12.5. The molecule has 1 fully saturated rings. The van der Waals surface area contributed by atoms with Crippen molar-refractivity contribution in [3.63, 3.8) is 0 Å². The van der Waals surface area contributed by atoms with Crippen LogP contribution in [-0.2, 0) is 10.3 Å². The van der Waals surface area contributed by atoms with Crippen LogP contribution in [0.5, 0.6) is 0 Å². The van der Waals surface area contributed by atoms with Gasteiger partial charge in [0.25, 0.3) is 0 Å². The molecule has 20 heavy (non-hydrogen) atoms. The van der Waals surface area contributed by atoms with E-state index in [9.17, 15) is 4.79 Å². The summed E-state index contributed by atoms with van der Waals surface area (Å²) in [6.07, 6.45) is 5.26. The molecule has 1 saturated heterocycles. The first kappa shape index (κ1) is 14.8. The number of ether oxygens (including phenoxy) is 1. The van der Waals surface area contributed by atoms with Crippen molar-refractivity contribution in [1.29, 1.82) is 0 Å². The van der Waals surface area contributed by atoms with Gasteiger partial charge in [0.2, 0.25) is 0 Å². The first-order valence-electron chi connectivity index (χ1n) is 7.16. The van der Waals surface area contributed by atoms with Gasteiger partial charge in [-0.15, -0.1) is 0 Å². The van der Waals surface area contributed by atoms with Gasteiger partial charge in [-0.05, 0) is 33.6 Å². The lowest BCUT2D eigenvalue weighted by molar-refractivity contribution is 0.0921. The summed E-state index contributed by atoms with van der Waals surface area (Å²) in [5.41, 5.74) is 6.80. The summed E-state index contributed by atoms with van der Waals surface area (Å²) in [5.74, 6) is 0. The highest BCUT2D eigenvalue weighted by molar-refractivity contribution is 5.67. The highest BCUT2D eigenvalue weighted by atomic mass is 16.6. The number of nitrogens with two attached hydrogens (primary N) is 1. The highest BCUT2D eigenvalue weighted by Crippen LogP contribution is 2.27. The number of aromatic nitrogens is 2. The minimum atomic E-state index is -0.408. The standard InChI is InChI=1S/C14H24N4O2/c1-4-20-13(19)17-7-5-11(6-8-17)18-10-16-9-12(18)14(2,3)15/h9-11H,4-8,15H2,1-3H3. The topological polar surface area (TPSA) is 73.4 Å². The third kappa shape index (κ3) is 3.12. The Labute approximate surface area is 119 Å². The second kappa shape index (κ2) is 5.83. The number of amides is 1. The number of nitrogens with zero attached hydrogens (tertiary/aromatic N) is 3. The van der Waals surface area contributed by atoms with Crippen molar-refractivity contribution >= 4 is 6.09 Å². The second-order valence-electron chi connectivity index (χ2n) is 5.82. The van der Waals surface area contributed by atoms with Crippen LogP contribution in [0, 0.1) is 0 Å². The summed E-state index contributed by atoms with van der Waals surface area (Å²) in [6.45, 7) is 7.64. The van der Waals surface area contributed by atoms with Gasteiger partial charge < -0.3 is 19.9 Å². The average Bonchev–Trinajstić information content (AvgIpc) is 2.88. The van der Waals surface area contributed by atoms with E-state index in [0.717, 1.165) is 18.5 Å². The monoisotopic (exact) mass is 280 g/mol. The van der Waals surface area contributed by atoms with E-state index >= 15 is 0 Å². The Kier molecular flexibility index (Phi) is 4.32. The Morgan fingerprint density at radius 1 is 1.50 bits per heavy atom. The molecule has 6 nitrogen and oxygen atoms in total. The van der Waals surface area contributed by atoms with E-state index in [1.165, 1.54) is 0 Å². The molecule has 112 valence electrons. The van der Waals surface area contributed by atoms with Crippen LogP contribution in [0.2, 0.25) is 0 Å². The van der Waals surface area contributed by atoms with Gasteiger partial charge >= 0.3 is 6.09 Å². The number of carbonyl (C=O) groups is 1. The molecule has 0 spiro atoms. The van der Waals surface area contributed by atoms with Crippen LogP contribution in [0.1, 0.15) is 45.3 Å². The molecule has 2 rings (SSSR count). The van der Waals surface area contributed by atoms with Gasteiger partial charge in [-0.2, -0.15) is 0 Å². The Bertz CT molecular complexity index is 456. The number of rotatable bonds is 3. The molecule has 0 aromatic carbocycles. The minimum absolute atomic E-state index is 0.212. The minimum Gasteiger partial charge on any atom is -0.450 e. The van der Waals surface area contributed by atoms with Crippen LogP contribution in [0.3, 0.4) is 0 Å². The maximum atomic E-state index is 11.7. The maximum Gasteiger partial charge on any atom is 0.409 e. The number of piperidine rings is 1. The molecule has 1 amide bonds. The fraction of sp³-hybridized carbons (Fsp3) is 0.714. The van der Waals surface area contributed by atoms with Crippen LogP contribution < -0.4 is 5.73 Å². The molecule has 0 saturated carbocycles. The third-order valence-electron chi connectivity index (χ3n) is 3.71. The molecule has 0 unspecified atom stereocenters. The highest BCUT2D eigenvalue weighted by Gasteiger charge is 2.28. The van der Waals surface area contributed by atoms with Crippen molar-refractivity contribution in [3.8, 4) is 0 Å². The van der Waals surface area contributed by atoms with E-state index in [0.29, 0.717) is 25.7 Å². The van der Waals surface area contributed by atoms with Crippen LogP contribution >= 0.6 is 0 Å². The summed E-state index contributed by atoms with van der Waals surface area (Å²) >= 11 is 0. The Morgan fingerprint density at radius 3 is 2.70 bits per heavy atom. The van der Waals surface area contributed by atoms with E-state index in [1.54, 1.807) is 4.90 Å². The van der Waals surface area contributed by atoms with E-state index < -0.39 is 5.54 Å².